The SMILES string of the molecule is Cc1noc(C)c1-c1cnc(CC[C@@H]2CCCN2C(=O)c2ccc(F)cc2)cn1. The van der Waals surface area contributed by atoms with Gasteiger partial charge in [0.1, 0.15) is 11.6 Å². The quantitative estimate of drug-likeness (QED) is 0.651. The molecular formula is C22H23FN4O2. The van der Waals surface area contributed by atoms with Gasteiger partial charge in [0.05, 0.1) is 28.8 Å². The fourth-order valence-corrected chi connectivity index (χ4v) is 3.94. The molecule has 0 spiro atoms. The van der Waals surface area contributed by atoms with Gasteiger partial charge in [-0.3, -0.25) is 14.8 Å². The molecule has 1 fully saturated rings. The summed E-state index contributed by atoms with van der Waals surface area (Å²) in [4.78, 5) is 23.7. The van der Waals surface area contributed by atoms with Gasteiger partial charge in [0, 0.05) is 24.3 Å². The molecule has 0 saturated carbocycles. The van der Waals surface area contributed by atoms with E-state index in [0.29, 0.717) is 5.56 Å². The smallest absolute Gasteiger partial charge is 0.254 e. The molecule has 4 rings (SSSR count). The molecule has 0 unspecified atom stereocenters. The minimum atomic E-state index is -0.335. The zero-order valence-electron chi connectivity index (χ0n) is 16.6. The lowest BCUT2D eigenvalue weighted by Crippen LogP contribution is -2.35. The van der Waals surface area contributed by atoms with Gasteiger partial charge in [-0.05, 0) is 63.8 Å². The molecule has 7 heteroatoms. The molecule has 0 radical (unpaired) electrons. The fraction of sp³-hybridized carbons (Fsp3) is 0.364. The Morgan fingerprint density at radius 1 is 1.21 bits per heavy atom. The van der Waals surface area contributed by atoms with Crippen LogP contribution in [0, 0.1) is 19.7 Å². The third kappa shape index (κ3) is 4.04. The number of amides is 1. The molecule has 1 amide bonds. The Labute approximate surface area is 168 Å². The third-order valence-electron chi connectivity index (χ3n) is 5.46. The lowest BCUT2D eigenvalue weighted by atomic mass is 10.1. The molecule has 2 aromatic heterocycles. The van der Waals surface area contributed by atoms with Gasteiger partial charge >= 0.3 is 0 Å². The summed E-state index contributed by atoms with van der Waals surface area (Å²) in [6.07, 6.45) is 7.05. The number of benzene rings is 1. The van der Waals surface area contributed by atoms with E-state index in [1.165, 1.54) is 12.1 Å². The molecule has 1 aromatic carbocycles. The van der Waals surface area contributed by atoms with E-state index in [2.05, 4.69) is 15.1 Å². The van der Waals surface area contributed by atoms with Gasteiger partial charge in [0.25, 0.3) is 5.91 Å². The highest BCUT2D eigenvalue weighted by atomic mass is 19.1. The highest BCUT2D eigenvalue weighted by Gasteiger charge is 2.29. The standard InChI is InChI=1S/C22H23FN4O2/c1-14-21(15(2)29-26-14)20-13-24-18(12-25-20)9-10-19-4-3-11-27(19)22(28)16-5-7-17(23)8-6-16/h5-8,12-13,19H,3-4,9-11H2,1-2H3/t19-/m0/s1. The van der Waals surface area contributed by atoms with Gasteiger partial charge in [-0.2, -0.15) is 0 Å². The van der Waals surface area contributed by atoms with Crippen molar-refractivity contribution in [2.75, 3.05) is 6.54 Å². The first-order valence-corrected chi connectivity index (χ1v) is 9.83. The Balaban J connectivity index is 1.40. The second kappa shape index (κ2) is 8.11. The number of hydrogen-bond acceptors (Lipinski definition) is 5. The van der Waals surface area contributed by atoms with Gasteiger partial charge in [0.15, 0.2) is 0 Å². The molecule has 150 valence electrons. The van der Waals surface area contributed by atoms with Crippen LogP contribution in [0.3, 0.4) is 0 Å². The fourth-order valence-electron chi connectivity index (χ4n) is 3.94. The lowest BCUT2D eigenvalue weighted by Gasteiger charge is -2.24. The van der Waals surface area contributed by atoms with Crippen LogP contribution in [0.25, 0.3) is 11.3 Å². The van der Waals surface area contributed by atoms with Crippen molar-refractivity contribution in [3.63, 3.8) is 0 Å². The average molecular weight is 394 g/mol. The van der Waals surface area contributed by atoms with Gasteiger partial charge in [-0.1, -0.05) is 5.16 Å². The summed E-state index contributed by atoms with van der Waals surface area (Å²) in [5.41, 5.74) is 3.85. The Morgan fingerprint density at radius 2 is 2.00 bits per heavy atom. The van der Waals surface area contributed by atoms with Crippen molar-refractivity contribution in [1.29, 1.82) is 0 Å². The molecule has 1 aliphatic rings. The van der Waals surface area contributed by atoms with E-state index >= 15 is 0 Å². The maximum Gasteiger partial charge on any atom is 0.254 e. The summed E-state index contributed by atoms with van der Waals surface area (Å²) in [5, 5.41) is 3.96. The molecule has 0 bridgehead atoms. The summed E-state index contributed by atoms with van der Waals surface area (Å²) in [6, 6.07) is 5.91. The van der Waals surface area contributed by atoms with Crippen LogP contribution >= 0.6 is 0 Å². The van der Waals surface area contributed by atoms with E-state index in [9.17, 15) is 9.18 Å². The summed E-state index contributed by atoms with van der Waals surface area (Å²) in [6.45, 7) is 4.48. The molecule has 3 heterocycles. The molecule has 3 aromatic rings. The normalized spacial score (nSPS) is 16.4. The zero-order valence-corrected chi connectivity index (χ0v) is 16.6. The number of carbonyl (C=O) groups is 1. The van der Waals surface area contributed by atoms with Crippen LogP contribution in [0.2, 0.25) is 0 Å². The number of nitrogens with zero attached hydrogens (tertiary/aromatic N) is 4. The molecule has 0 N–H and O–H groups in total. The van der Waals surface area contributed by atoms with Crippen molar-refractivity contribution >= 4 is 5.91 Å². The second-order valence-electron chi connectivity index (χ2n) is 7.43. The Kier molecular flexibility index (Phi) is 5.38. The molecule has 1 atom stereocenters. The van der Waals surface area contributed by atoms with Crippen molar-refractivity contribution in [3.05, 3.63) is 65.2 Å². The molecule has 29 heavy (non-hydrogen) atoms. The van der Waals surface area contributed by atoms with E-state index in [1.807, 2.05) is 18.7 Å². The molecule has 1 aliphatic heterocycles. The molecule has 1 saturated heterocycles. The highest BCUT2D eigenvalue weighted by Crippen LogP contribution is 2.26. The summed E-state index contributed by atoms with van der Waals surface area (Å²) >= 11 is 0. The van der Waals surface area contributed by atoms with Gasteiger partial charge in [-0.25, -0.2) is 4.39 Å². The summed E-state index contributed by atoms with van der Waals surface area (Å²) in [5.74, 6) is 0.357. The average Bonchev–Trinajstić information content (AvgIpc) is 3.33. The predicted octanol–water partition coefficient (Wildman–Crippen LogP) is 4.12. The highest BCUT2D eigenvalue weighted by molar-refractivity contribution is 5.94. The van der Waals surface area contributed by atoms with Crippen LogP contribution in [-0.4, -0.2) is 38.5 Å². The van der Waals surface area contributed by atoms with E-state index in [-0.39, 0.29) is 17.8 Å². The summed E-state index contributed by atoms with van der Waals surface area (Å²) in [7, 11) is 0. The van der Waals surface area contributed by atoms with Crippen molar-refractivity contribution in [1.82, 2.24) is 20.0 Å². The number of likely N-dealkylation sites (tertiary alicyclic amines) is 1. The van der Waals surface area contributed by atoms with Crippen LogP contribution in [-0.2, 0) is 6.42 Å². The van der Waals surface area contributed by atoms with E-state index in [1.54, 1.807) is 24.5 Å². The molecule has 0 aliphatic carbocycles. The van der Waals surface area contributed by atoms with Gasteiger partial charge < -0.3 is 9.42 Å². The van der Waals surface area contributed by atoms with Crippen LogP contribution in [0.5, 0.6) is 0 Å². The van der Waals surface area contributed by atoms with Gasteiger partial charge in [0.2, 0.25) is 0 Å². The van der Waals surface area contributed by atoms with E-state index in [4.69, 9.17) is 4.52 Å². The van der Waals surface area contributed by atoms with E-state index < -0.39 is 0 Å². The topological polar surface area (TPSA) is 72.1 Å². The second-order valence-corrected chi connectivity index (χ2v) is 7.43. The number of hydrogen-bond donors (Lipinski definition) is 0. The van der Waals surface area contributed by atoms with Gasteiger partial charge in [-0.15, -0.1) is 0 Å². The maximum absolute atomic E-state index is 13.1. The van der Waals surface area contributed by atoms with Crippen molar-refractivity contribution in [2.45, 2.75) is 45.6 Å². The van der Waals surface area contributed by atoms with Crippen LogP contribution in [0.4, 0.5) is 4.39 Å². The maximum atomic E-state index is 13.1. The zero-order chi connectivity index (χ0) is 20.4. The Bertz CT molecular complexity index is 979. The van der Waals surface area contributed by atoms with E-state index in [0.717, 1.165) is 60.6 Å². The van der Waals surface area contributed by atoms with Crippen LogP contribution in [0.1, 0.15) is 46.8 Å². The molecule has 6 nitrogen and oxygen atoms in total. The first-order chi connectivity index (χ1) is 14.0. The minimum absolute atomic E-state index is 0.0349. The van der Waals surface area contributed by atoms with Crippen molar-refractivity contribution < 1.29 is 13.7 Å². The Hall–Kier alpha value is -3.09. The van der Waals surface area contributed by atoms with Crippen LogP contribution in [0.15, 0.2) is 41.2 Å². The van der Waals surface area contributed by atoms with Crippen molar-refractivity contribution in [2.24, 2.45) is 0 Å². The lowest BCUT2D eigenvalue weighted by molar-refractivity contribution is 0.0730. The third-order valence-corrected chi connectivity index (χ3v) is 5.46. The first kappa shape index (κ1) is 19.2. The Morgan fingerprint density at radius 3 is 2.66 bits per heavy atom. The predicted molar refractivity (Wildman–Crippen MR) is 106 cm³/mol. The molecular weight excluding hydrogens is 371 g/mol. The summed E-state index contributed by atoms with van der Waals surface area (Å²) < 4.78 is 18.3. The van der Waals surface area contributed by atoms with Crippen LogP contribution < -0.4 is 0 Å². The van der Waals surface area contributed by atoms with Crippen molar-refractivity contribution in [3.8, 4) is 11.3 Å². The number of carbonyl (C=O) groups excluding carboxylic acids is 1. The monoisotopic (exact) mass is 394 g/mol. The minimum Gasteiger partial charge on any atom is -0.361 e. The number of aromatic nitrogens is 3. The number of halogens is 1. The number of rotatable bonds is 5. The first-order valence-electron chi connectivity index (χ1n) is 9.83. The number of aryl methyl sites for hydroxylation is 3. The largest absolute Gasteiger partial charge is 0.361 e.